The summed E-state index contributed by atoms with van der Waals surface area (Å²) in [5, 5.41) is 3.46. The smallest absolute Gasteiger partial charge is 0.134 e. The second-order valence-corrected chi connectivity index (χ2v) is 5.87. The molecule has 2 aliphatic heterocycles. The van der Waals surface area contributed by atoms with Gasteiger partial charge in [-0.2, -0.15) is 0 Å². The molecular formula is C17H24N2O2. The Kier molecular flexibility index (Phi) is 4.34. The number of allylic oxidation sites excluding steroid dienone is 4. The summed E-state index contributed by atoms with van der Waals surface area (Å²) in [6.07, 6.45) is 12.8. The van der Waals surface area contributed by atoms with Gasteiger partial charge in [0.1, 0.15) is 12.4 Å². The molecule has 3 aliphatic rings. The van der Waals surface area contributed by atoms with Crippen molar-refractivity contribution in [1.82, 2.24) is 10.2 Å². The highest BCUT2D eigenvalue weighted by Crippen LogP contribution is 2.29. The van der Waals surface area contributed by atoms with E-state index >= 15 is 0 Å². The van der Waals surface area contributed by atoms with Crippen LogP contribution in [0.5, 0.6) is 0 Å². The predicted molar refractivity (Wildman–Crippen MR) is 83.5 cm³/mol. The minimum absolute atomic E-state index is 0.264. The van der Waals surface area contributed by atoms with Crippen LogP contribution in [-0.4, -0.2) is 44.8 Å². The normalized spacial score (nSPS) is 28.3. The minimum Gasteiger partial charge on any atom is -0.495 e. The van der Waals surface area contributed by atoms with E-state index in [0.29, 0.717) is 12.5 Å². The van der Waals surface area contributed by atoms with Gasteiger partial charge in [-0.05, 0) is 31.0 Å². The summed E-state index contributed by atoms with van der Waals surface area (Å²) in [5.41, 5.74) is 1.57. The largest absolute Gasteiger partial charge is 0.495 e. The van der Waals surface area contributed by atoms with Crippen molar-refractivity contribution in [2.75, 3.05) is 33.9 Å². The fraction of sp³-hybridized carbons (Fsp3) is 0.529. The minimum atomic E-state index is 0.264. The maximum Gasteiger partial charge on any atom is 0.134 e. The van der Waals surface area contributed by atoms with Gasteiger partial charge in [0.25, 0.3) is 0 Å². The lowest BCUT2D eigenvalue weighted by molar-refractivity contribution is 0.142. The molecule has 0 bridgehead atoms. The highest BCUT2D eigenvalue weighted by molar-refractivity contribution is 5.26. The predicted octanol–water partition coefficient (Wildman–Crippen LogP) is 2.18. The summed E-state index contributed by atoms with van der Waals surface area (Å²) in [6.45, 7) is 2.86. The molecule has 1 saturated heterocycles. The van der Waals surface area contributed by atoms with Gasteiger partial charge in [-0.3, -0.25) is 0 Å². The first-order valence-electron chi connectivity index (χ1n) is 7.65. The van der Waals surface area contributed by atoms with Gasteiger partial charge in [0.2, 0.25) is 0 Å². The summed E-state index contributed by atoms with van der Waals surface area (Å²) in [4.78, 5) is 2.13. The number of fused-ring (bicyclic) bond motifs is 1. The van der Waals surface area contributed by atoms with Crippen LogP contribution < -0.4 is 5.32 Å². The van der Waals surface area contributed by atoms with E-state index in [-0.39, 0.29) is 6.04 Å². The molecule has 0 aromatic heterocycles. The molecule has 0 aromatic carbocycles. The Labute approximate surface area is 126 Å². The van der Waals surface area contributed by atoms with E-state index in [1.165, 1.54) is 6.42 Å². The van der Waals surface area contributed by atoms with Crippen molar-refractivity contribution in [2.24, 2.45) is 5.92 Å². The number of likely N-dealkylation sites (N-methyl/N-ethyl adjacent to an activating group) is 1. The van der Waals surface area contributed by atoms with E-state index in [4.69, 9.17) is 9.47 Å². The average molecular weight is 288 g/mol. The molecular weight excluding hydrogens is 264 g/mol. The Balaban J connectivity index is 1.54. The average Bonchev–Trinajstić information content (AvgIpc) is 2.53. The maximum atomic E-state index is 6.04. The van der Waals surface area contributed by atoms with Crippen molar-refractivity contribution in [3.05, 3.63) is 47.6 Å². The second-order valence-electron chi connectivity index (χ2n) is 5.87. The lowest BCUT2D eigenvalue weighted by Gasteiger charge is -2.31. The molecule has 114 valence electrons. The van der Waals surface area contributed by atoms with Crippen LogP contribution in [0.3, 0.4) is 0 Å². The van der Waals surface area contributed by atoms with E-state index in [2.05, 4.69) is 35.5 Å². The van der Waals surface area contributed by atoms with Crippen LogP contribution in [0.25, 0.3) is 0 Å². The molecule has 0 saturated carbocycles. The zero-order valence-corrected chi connectivity index (χ0v) is 12.8. The number of rotatable bonds is 4. The molecule has 2 heterocycles. The fourth-order valence-electron chi connectivity index (χ4n) is 3.05. The molecule has 1 fully saturated rings. The lowest BCUT2D eigenvalue weighted by atomic mass is 9.86. The van der Waals surface area contributed by atoms with Gasteiger partial charge in [-0.1, -0.05) is 17.7 Å². The third-order valence-corrected chi connectivity index (χ3v) is 4.45. The number of methoxy groups -OCH3 is 1. The highest BCUT2D eigenvalue weighted by atomic mass is 16.5. The standard InChI is InChI=1S/C17H24N2O2/c1-19-11-17(20-2)6-4-15(19)12-21-16-5-3-13-7-8-18-10-14(13)9-16/h3-6,11,14-15,18H,7-10,12H2,1-2H3. The van der Waals surface area contributed by atoms with E-state index in [9.17, 15) is 0 Å². The third-order valence-electron chi connectivity index (χ3n) is 4.45. The molecule has 1 N–H and O–H groups in total. The van der Waals surface area contributed by atoms with Gasteiger partial charge in [0.15, 0.2) is 0 Å². The van der Waals surface area contributed by atoms with Crippen molar-refractivity contribution >= 4 is 0 Å². The van der Waals surface area contributed by atoms with Crippen LogP contribution in [0.1, 0.15) is 12.8 Å². The molecule has 0 amide bonds. The van der Waals surface area contributed by atoms with Crippen LogP contribution in [0, 0.1) is 5.92 Å². The van der Waals surface area contributed by atoms with Crippen LogP contribution in [-0.2, 0) is 9.47 Å². The zero-order valence-electron chi connectivity index (χ0n) is 12.8. The maximum absolute atomic E-state index is 6.04. The quantitative estimate of drug-likeness (QED) is 0.860. The van der Waals surface area contributed by atoms with Crippen molar-refractivity contribution in [3.63, 3.8) is 0 Å². The number of ether oxygens (including phenoxy) is 2. The van der Waals surface area contributed by atoms with Gasteiger partial charge in [0, 0.05) is 26.2 Å². The Hall–Kier alpha value is -1.68. The Morgan fingerprint density at radius 1 is 1.38 bits per heavy atom. The van der Waals surface area contributed by atoms with Crippen LogP contribution >= 0.6 is 0 Å². The summed E-state index contributed by atoms with van der Waals surface area (Å²) in [7, 11) is 3.74. The van der Waals surface area contributed by atoms with Gasteiger partial charge < -0.3 is 19.7 Å². The number of hydrogen-bond acceptors (Lipinski definition) is 4. The molecule has 3 rings (SSSR count). The Morgan fingerprint density at radius 2 is 2.29 bits per heavy atom. The van der Waals surface area contributed by atoms with Crippen molar-refractivity contribution in [1.29, 1.82) is 0 Å². The number of nitrogens with one attached hydrogen (secondary N) is 1. The third kappa shape index (κ3) is 3.32. The van der Waals surface area contributed by atoms with E-state index in [1.807, 2.05) is 12.3 Å². The molecule has 2 unspecified atom stereocenters. The monoisotopic (exact) mass is 288 g/mol. The summed E-state index contributed by atoms with van der Waals surface area (Å²) in [5.74, 6) is 2.61. The summed E-state index contributed by atoms with van der Waals surface area (Å²) < 4.78 is 11.3. The molecule has 21 heavy (non-hydrogen) atoms. The lowest BCUT2D eigenvalue weighted by Crippen LogP contribution is -2.34. The summed E-state index contributed by atoms with van der Waals surface area (Å²) >= 11 is 0. The molecule has 1 aliphatic carbocycles. The van der Waals surface area contributed by atoms with E-state index < -0.39 is 0 Å². The summed E-state index contributed by atoms with van der Waals surface area (Å²) in [6, 6.07) is 0.264. The fourth-order valence-corrected chi connectivity index (χ4v) is 3.05. The number of hydrogen-bond donors (Lipinski definition) is 1. The zero-order chi connectivity index (χ0) is 14.7. The molecule has 2 atom stereocenters. The van der Waals surface area contributed by atoms with Crippen LogP contribution in [0.15, 0.2) is 47.6 Å². The molecule has 0 aromatic rings. The first kappa shape index (κ1) is 14.3. The van der Waals surface area contributed by atoms with Crippen molar-refractivity contribution in [2.45, 2.75) is 18.9 Å². The topological polar surface area (TPSA) is 33.7 Å². The molecule has 0 spiro atoms. The van der Waals surface area contributed by atoms with Gasteiger partial charge in [0.05, 0.1) is 18.9 Å². The van der Waals surface area contributed by atoms with Crippen LogP contribution in [0.4, 0.5) is 0 Å². The van der Waals surface area contributed by atoms with Crippen LogP contribution in [0.2, 0.25) is 0 Å². The molecule has 4 heteroatoms. The second kappa shape index (κ2) is 6.39. The van der Waals surface area contributed by atoms with E-state index in [0.717, 1.165) is 31.0 Å². The first-order valence-corrected chi connectivity index (χ1v) is 7.65. The first-order chi connectivity index (χ1) is 10.3. The Bertz CT molecular complexity index is 505. The number of nitrogens with zero attached hydrogens (tertiary/aromatic N) is 1. The van der Waals surface area contributed by atoms with Gasteiger partial charge >= 0.3 is 0 Å². The van der Waals surface area contributed by atoms with Gasteiger partial charge in [-0.25, -0.2) is 0 Å². The van der Waals surface area contributed by atoms with E-state index in [1.54, 1.807) is 12.7 Å². The highest BCUT2D eigenvalue weighted by Gasteiger charge is 2.23. The SMILES string of the molecule is COC1=CN(C)C(COC2=CC=C3CCNCC3C2)C=C1. The van der Waals surface area contributed by atoms with Crippen molar-refractivity contribution in [3.8, 4) is 0 Å². The molecule has 0 radical (unpaired) electrons. The Morgan fingerprint density at radius 3 is 3.10 bits per heavy atom. The molecule has 4 nitrogen and oxygen atoms in total. The van der Waals surface area contributed by atoms with Gasteiger partial charge in [-0.15, -0.1) is 0 Å². The number of piperidine rings is 1. The van der Waals surface area contributed by atoms with Crippen molar-refractivity contribution < 1.29 is 9.47 Å².